The molecule has 0 aliphatic rings. The number of rotatable bonds is 5. The molecule has 1 N–H and O–H groups in total. The van der Waals surface area contributed by atoms with Crippen LogP contribution in [0.3, 0.4) is 0 Å². The van der Waals surface area contributed by atoms with Crippen LogP contribution in [-0.4, -0.2) is 19.8 Å². The summed E-state index contributed by atoms with van der Waals surface area (Å²) in [6.07, 6.45) is 0.905. The molecule has 2 nitrogen and oxygen atoms in total. The van der Waals surface area contributed by atoms with E-state index in [4.69, 9.17) is 16.3 Å². The van der Waals surface area contributed by atoms with Crippen LogP contribution in [0.25, 0.3) is 0 Å². The Morgan fingerprint density at radius 3 is 2.73 bits per heavy atom. The van der Waals surface area contributed by atoms with Crippen LogP contribution >= 0.6 is 11.6 Å². The first-order valence-electron chi connectivity index (χ1n) is 4.87. The Morgan fingerprint density at radius 1 is 1.47 bits per heavy atom. The molecule has 0 aliphatic carbocycles. The van der Waals surface area contributed by atoms with Crippen molar-refractivity contribution in [3.05, 3.63) is 29.0 Å². The number of hydrogen-bond donors (Lipinski definition) is 1. The van der Waals surface area contributed by atoms with E-state index in [1.165, 1.54) is 12.1 Å². The molecule has 1 aromatic carbocycles. The normalized spacial score (nSPS) is 12.5. The summed E-state index contributed by atoms with van der Waals surface area (Å²) in [5.74, 6) is -0.336. The maximum atomic E-state index is 13.0. The summed E-state index contributed by atoms with van der Waals surface area (Å²) in [6.45, 7) is 2.63. The fourth-order valence-electron chi connectivity index (χ4n) is 1.34. The lowest BCUT2D eigenvalue weighted by Crippen LogP contribution is -2.23. The molecule has 0 saturated heterocycles. The van der Waals surface area contributed by atoms with Gasteiger partial charge in [-0.2, -0.15) is 0 Å². The van der Waals surface area contributed by atoms with Crippen LogP contribution in [-0.2, 0) is 4.74 Å². The van der Waals surface area contributed by atoms with Gasteiger partial charge in [0.25, 0.3) is 0 Å². The zero-order chi connectivity index (χ0) is 11.3. The first-order chi connectivity index (χ1) is 7.15. The molecule has 1 atom stereocenters. The Bertz CT molecular complexity index is 299. The lowest BCUT2D eigenvalue weighted by Gasteiger charge is -2.17. The van der Waals surface area contributed by atoms with Gasteiger partial charge in [-0.05, 0) is 24.6 Å². The number of nitrogens with one attached hydrogen (secondary N) is 1. The van der Waals surface area contributed by atoms with E-state index >= 15 is 0 Å². The van der Waals surface area contributed by atoms with Gasteiger partial charge in [-0.25, -0.2) is 4.39 Å². The van der Waals surface area contributed by atoms with E-state index in [9.17, 15) is 4.39 Å². The highest BCUT2D eigenvalue weighted by molar-refractivity contribution is 6.30. The fraction of sp³-hybridized carbons (Fsp3) is 0.455. The topological polar surface area (TPSA) is 21.3 Å². The number of methoxy groups -OCH3 is 1. The van der Waals surface area contributed by atoms with Gasteiger partial charge in [0.15, 0.2) is 0 Å². The summed E-state index contributed by atoms with van der Waals surface area (Å²) in [6, 6.07) is 4.57. The number of ether oxygens (including phenoxy) is 1. The summed E-state index contributed by atoms with van der Waals surface area (Å²) in [7, 11) is 1.64. The number of benzene rings is 1. The second-order valence-electron chi connectivity index (χ2n) is 3.36. The monoisotopic (exact) mass is 231 g/mol. The molecule has 1 aromatic rings. The Hall–Kier alpha value is -0.800. The van der Waals surface area contributed by atoms with Gasteiger partial charge in [-0.1, -0.05) is 18.5 Å². The molecule has 4 heteroatoms. The molecule has 0 heterocycles. The highest BCUT2D eigenvalue weighted by Gasteiger charge is 2.06. The van der Waals surface area contributed by atoms with Crippen LogP contribution in [0.4, 0.5) is 10.1 Å². The van der Waals surface area contributed by atoms with Crippen LogP contribution in [0.5, 0.6) is 0 Å². The Labute approximate surface area is 94.4 Å². The Kier molecular flexibility index (Phi) is 4.85. The molecule has 0 bridgehead atoms. The molecular weight excluding hydrogens is 217 g/mol. The second-order valence-corrected chi connectivity index (χ2v) is 3.80. The Morgan fingerprint density at radius 2 is 2.20 bits per heavy atom. The molecule has 1 unspecified atom stereocenters. The van der Waals surface area contributed by atoms with Gasteiger partial charge < -0.3 is 10.1 Å². The van der Waals surface area contributed by atoms with Crippen LogP contribution in [0.1, 0.15) is 13.3 Å². The van der Waals surface area contributed by atoms with Gasteiger partial charge in [0, 0.05) is 23.9 Å². The van der Waals surface area contributed by atoms with Crippen molar-refractivity contribution in [2.45, 2.75) is 19.4 Å². The molecule has 0 amide bonds. The number of anilines is 1. The molecule has 0 aromatic heterocycles. The summed E-state index contributed by atoms with van der Waals surface area (Å²) in [4.78, 5) is 0. The number of halogens is 2. The van der Waals surface area contributed by atoms with Crippen molar-refractivity contribution >= 4 is 17.3 Å². The predicted molar refractivity (Wildman–Crippen MR) is 61.0 cm³/mol. The molecule has 0 fully saturated rings. The largest absolute Gasteiger partial charge is 0.383 e. The van der Waals surface area contributed by atoms with E-state index in [-0.39, 0.29) is 11.9 Å². The summed E-state index contributed by atoms with van der Waals surface area (Å²) >= 11 is 5.74. The van der Waals surface area contributed by atoms with Crippen LogP contribution in [0, 0.1) is 5.82 Å². The van der Waals surface area contributed by atoms with Crippen LogP contribution < -0.4 is 5.32 Å². The van der Waals surface area contributed by atoms with Gasteiger partial charge in [0.05, 0.1) is 6.61 Å². The maximum Gasteiger partial charge on any atom is 0.126 e. The molecule has 0 aliphatic heterocycles. The first kappa shape index (κ1) is 12.3. The summed E-state index contributed by atoms with van der Waals surface area (Å²) in [5.41, 5.74) is 0.684. The molecule has 84 valence electrons. The van der Waals surface area contributed by atoms with Gasteiger partial charge in [0.2, 0.25) is 0 Å². The standard InChI is InChI=1S/C11H15ClFNO/c1-3-10(7-15-2)14-11-5-8(12)4-9(13)6-11/h4-6,10,14H,3,7H2,1-2H3. The third kappa shape index (κ3) is 4.06. The zero-order valence-electron chi connectivity index (χ0n) is 8.89. The van der Waals surface area contributed by atoms with Gasteiger partial charge in [-0.15, -0.1) is 0 Å². The molecule has 15 heavy (non-hydrogen) atoms. The van der Waals surface area contributed by atoms with E-state index in [1.54, 1.807) is 13.2 Å². The van der Waals surface area contributed by atoms with E-state index in [1.807, 2.05) is 6.92 Å². The van der Waals surface area contributed by atoms with Crippen molar-refractivity contribution in [3.8, 4) is 0 Å². The smallest absolute Gasteiger partial charge is 0.126 e. The van der Waals surface area contributed by atoms with Crippen molar-refractivity contribution in [1.29, 1.82) is 0 Å². The minimum atomic E-state index is -0.336. The van der Waals surface area contributed by atoms with E-state index < -0.39 is 0 Å². The second kappa shape index (κ2) is 5.93. The molecule has 1 rings (SSSR count). The zero-order valence-corrected chi connectivity index (χ0v) is 9.64. The van der Waals surface area contributed by atoms with Gasteiger partial charge in [-0.3, -0.25) is 0 Å². The molecule has 0 saturated carbocycles. The van der Waals surface area contributed by atoms with Crippen molar-refractivity contribution < 1.29 is 9.13 Å². The van der Waals surface area contributed by atoms with E-state index in [0.717, 1.165) is 6.42 Å². The highest BCUT2D eigenvalue weighted by atomic mass is 35.5. The molecular formula is C11H15ClFNO. The van der Waals surface area contributed by atoms with Crippen molar-refractivity contribution in [1.82, 2.24) is 0 Å². The van der Waals surface area contributed by atoms with Gasteiger partial charge >= 0.3 is 0 Å². The number of hydrogen-bond acceptors (Lipinski definition) is 2. The summed E-state index contributed by atoms with van der Waals surface area (Å²) in [5, 5.41) is 3.56. The Balaban J connectivity index is 2.69. The third-order valence-corrected chi connectivity index (χ3v) is 2.31. The lowest BCUT2D eigenvalue weighted by atomic mass is 10.2. The fourth-order valence-corrected chi connectivity index (χ4v) is 1.56. The van der Waals surface area contributed by atoms with Crippen LogP contribution in [0.15, 0.2) is 18.2 Å². The maximum absolute atomic E-state index is 13.0. The van der Waals surface area contributed by atoms with E-state index in [2.05, 4.69) is 5.32 Å². The third-order valence-electron chi connectivity index (χ3n) is 2.09. The average molecular weight is 232 g/mol. The average Bonchev–Trinajstić information content (AvgIpc) is 2.15. The minimum absolute atomic E-state index is 0.174. The lowest BCUT2D eigenvalue weighted by molar-refractivity contribution is 0.184. The SMILES string of the molecule is CCC(COC)Nc1cc(F)cc(Cl)c1. The first-order valence-corrected chi connectivity index (χ1v) is 5.25. The van der Waals surface area contributed by atoms with Crippen molar-refractivity contribution in [3.63, 3.8) is 0 Å². The van der Waals surface area contributed by atoms with Crippen LogP contribution in [0.2, 0.25) is 5.02 Å². The predicted octanol–water partition coefficient (Wildman–Crippen LogP) is 3.32. The quantitative estimate of drug-likeness (QED) is 0.840. The van der Waals surface area contributed by atoms with Crippen molar-refractivity contribution in [2.75, 3.05) is 19.0 Å². The minimum Gasteiger partial charge on any atom is -0.383 e. The molecule has 0 spiro atoms. The highest BCUT2D eigenvalue weighted by Crippen LogP contribution is 2.19. The van der Waals surface area contributed by atoms with Crippen molar-refractivity contribution in [2.24, 2.45) is 0 Å². The summed E-state index contributed by atoms with van der Waals surface area (Å²) < 4.78 is 18.1. The molecule has 0 radical (unpaired) electrons. The van der Waals surface area contributed by atoms with E-state index in [0.29, 0.717) is 17.3 Å². The van der Waals surface area contributed by atoms with Gasteiger partial charge in [0.1, 0.15) is 5.82 Å².